The summed E-state index contributed by atoms with van der Waals surface area (Å²) in [5.41, 5.74) is 0.171. The molecule has 4 aliphatic rings. The predicted molar refractivity (Wildman–Crippen MR) is 119 cm³/mol. The van der Waals surface area contributed by atoms with Crippen LogP contribution in [-0.2, 0) is 9.53 Å². The number of carbonyl (C=O) groups excluding carboxylic acids is 1. The topological polar surface area (TPSA) is 87.0 Å². The van der Waals surface area contributed by atoms with Gasteiger partial charge in [0.2, 0.25) is 0 Å². The molecule has 5 heteroatoms. The van der Waals surface area contributed by atoms with Crippen molar-refractivity contribution in [2.24, 2.45) is 46.3 Å². The molecule has 0 aromatic carbocycles. The highest BCUT2D eigenvalue weighted by atomic mass is 16.5. The first-order valence-corrected chi connectivity index (χ1v) is 12.8. The van der Waals surface area contributed by atoms with Crippen LogP contribution in [0.2, 0.25) is 0 Å². The zero-order chi connectivity index (χ0) is 22.6. The molecule has 0 aliphatic heterocycles. The van der Waals surface area contributed by atoms with Gasteiger partial charge in [-0.05, 0) is 105 Å². The van der Waals surface area contributed by atoms with E-state index in [9.17, 15) is 20.1 Å². The van der Waals surface area contributed by atoms with Crippen molar-refractivity contribution in [1.29, 1.82) is 0 Å². The van der Waals surface area contributed by atoms with E-state index in [-0.39, 0.29) is 34.7 Å². The summed E-state index contributed by atoms with van der Waals surface area (Å²) in [5.74, 6) is 1.91. The highest BCUT2D eigenvalue weighted by Crippen LogP contribution is 2.68. The second-order valence-corrected chi connectivity index (χ2v) is 11.9. The Morgan fingerprint density at radius 2 is 1.65 bits per heavy atom. The molecule has 0 radical (unpaired) electrons. The SMILES string of the molecule is CCOC(=O)CCC(C)C1CCC2C3C(CC[C@]12C)[C@@]1(C)CC[C@@H](O)C[C@H]1[C@H](O)[C@@H]3O. The van der Waals surface area contributed by atoms with Crippen LogP contribution in [0.5, 0.6) is 0 Å². The maximum Gasteiger partial charge on any atom is 0.305 e. The van der Waals surface area contributed by atoms with Crippen LogP contribution >= 0.6 is 0 Å². The fourth-order valence-corrected chi connectivity index (χ4v) is 8.99. The molecule has 31 heavy (non-hydrogen) atoms. The number of rotatable bonds is 5. The van der Waals surface area contributed by atoms with Crippen molar-refractivity contribution in [2.45, 2.75) is 104 Å². The van der Waals surface area contributed by atoms with E-state index in [1.54, 1.807) is 0 Å². The van der Waals surface area contributed by atoms with Crippen LogP contribution in [0.1, 0.15) is 85.5 Å². The third-order valence-electron chi connectivity index (χ3n) is 10.6. The Hall–Kier alpha value is -0.650. The average molecular weight is 437 g/mol. The molecule has 4 fully saturated rings. The quantitative estimate of drug-likeness (QED) is 0.569. The van der Waals surface area contributed by atoms with Crippen LogP contribution in [0.25, 0.3) is 0 Å². The van der Waals surface area contributed by atoms with Crippen molar-refractivity contribution < 1.29 is 24.9 Å². The van der Waals surface area contributed by atoms with Crippen molar-refractivity contribution in [3.8, 4) is 0 Å². The maximum absolute atomic E-state index is 11.9. The first kappa shape index (κ1) is 23.5. The number of aliphatic hydroxyl groups excluding tert-OH is 3. The van der Waals surface area contributed by atoms with Crippen LogP contribution in [0, 0.1) is 46.3 Å². The summed E-state index contributed by atoms with van der Waals surface area (Å²) < 4.78 is 5.13. The second-order valence-electron chi connectivity index (χ2n) is 11.9. The molecule has 0 spiro atoms. The smallest absolute Gasteiger partial charge is 0.305 e. The standard InChI is InChI=1S/C26H44O5/c1-5-31-21(28)9-6-15(2)17-7-8-18-22-19(11-13-25(17,18)3)26(4)12-10-16(27)14-20(26)23(29)24(22)30/h15-20,22-24,27,29-30H,5-14H2,1-4H3/t15?,16-,17?,18?,19?,20+,22?,23+,24-,25-,26-/m1/s1. The fourth-order valence-electron chi connectivity index (χ4n) is 8.99. The summed E-state index contributed by atoms with van der Waals surface area (Å²) in [5, 5.41) is 32.7. The van der Waals surface area contributed by atoms with E-state index < -0.39 is 12.2 Å². The molecule has 0 aromatic rings. The Morgan fingerprint density at radius 3 is 2.35 bits per heavy atom. The van der Waals surface area contributed by atoms with Crippen LogP contribution < -0.4 is 0 Å². The average Bonchev–Trinajstić information content (AvgIpc) is 3.08. The molecule has 4 aliphatic carbocycles. The van der Waals surface area contributed by atoms with Gasteiger partial charge in [-0.2, -0.15) is 0 Å². The van der Waals surface area contributed by atoms with E-state index in [0.717, 1.165) is 38.5 Å². The third-order valence-corrected chi connectivity index (χ3v) is 10.6. The summed E-state index contributed by atoms with van der Waals surface area (Å²) >= 11 is 0. The van der Waals surface area contributed by atoms with Crippen molar-refractivity contribution >= 4 is 5.97 Å². The summed E-state index contributed by atoms with van der Waals surface area (Å²) in [4.78, 5) is 11.9. The van der Waals surface area contributed by atoms with Crippen molar-refractivity contribution in [2.75, 3.05) is 6.61 Å². The molecular weight excluding hydrogens is 392 g/mol. The number of carbonyl (C=O) groups is 1. The van der Waals surface area contributed by atoms with E-state index in [0.29, 0.717) is 43.1 Å². The van der Waals surface area contributed by atoms with E-state index in [1.165, 1.54) is 6.42 Å². The molecule has 11 atom stereocenters. The number of hydrogen-bond acceptors (Lipinski definition) is 5. The molecule has 4 rings (SSSR count). The van der Waals surface area contributed by atoms with Gasteiger partial charge in [0.05, 0.1) is 24.9 Å². The van der Waals surface area contributed by atoms with E-state index in [4.69, 9.17) is 4.74 Å². The van der Waals surface area contributed by atoms with E-state index in [2.05, 4.69) is 20.8 Å². The van der Waals surface area contributed by atoms with Gasteiger partial charge in [0.1, 0.15) is 0 Å². The number of hydrogen-bond donors (Lipinski definition) is 3. The Bertz CT molecular complexity index is 666. The van der Waals surface area contributed by atoms with Gasteiger partial charge in [-0.1, -0.05) is 20.8 Å². The Labute approximate surface area is 187 Å². The summed E-state index contributed by atoms with van der Waals surface area (Å²) in [6.07, 6.45) is 6.50. The minimum atomic E-state index is -0.733. The van der Waals surface area contributed by atoms with Gasteiger partial charge in [0.15, 0.2) is 0 Å². The van der Waals surface area contributed by atoms with Crippen molar-refractivity contribution in [1.82, 2.24) is 0 Å². The Kier molecular flexibility index (Phi) is 6.53. The lowest BCUT2D eigenvalue weighted by molar-refractivity contribution is -0.223. The van der Waals surface area contributed by atoms with Gasteiger partial charge in [-0.15, -0.1) is 0 Å². The minimum Gasteiger partial charge on any atom is -0.466 e. The summed E-state index contributed by atoms with van der Waals surface area (Å²) in [6, 6.07) is 0. The van der Waals surface area contributed by atoms with Crippen LogP contribution in [0.3, 0.4) is 0 Å². The first-order valence-electron chi connectivity index (χ1n) is 12.8. The van der Waals surface area contributed by atoms with Crippen LogP contribution in [-0.4, -0.2) is 46.2 Å². The lowest BCUT2D eigenvalue weighted by Gasteiger charge is -2.63. The van der Waals surface area contributed by atoms with Gasteiger partial charge in [0.25, 0.3) is 0 Å². The minimum absolute atomic E-state index is 0.00226. The normalized spacial score (nSPS) is 50.2. The number of esters is 1. The number of ether oxygens (including phenoxy) is 1. The molecule has 0 heterocycles. The highest BCUT2D eigenvalue weighted by molar-refractivity contribution is 5.69. The molecule has 5 nitrogen and oxygen atoms in total. The monoisotopic (exact) mass is 436 g/mol. The summed E-state index contributed by atoms with van der Waals surface area (Å²) in [7, 11) is 0. The fraction of sp³-hybridized carbons (Fsp3) is 0.962. The molecule has 0 bridgehead atoms. The van der Waals surface area contributed by atoms with Crippen LogP contribution in [0.4, 0.5) is 0 Å². The van der Waals surface area contributed by atoms with Gasteiger partial charge >= 0.3 is 5.97 Å². The lowest BCUT2D eigenvalue weighted by Crippen LogP contribution is -2.64. The molecule has 0 saturated heterocycles. The molecule has 178 valence electrons. The molecular formula is C26H44O5. The van der Waals surface area contributed by atoms with Crippen LogP contribution in [0.15, 0.2) is 0 Å². The predicted octanol–water partition coefficient (Wildman–Crippen LogP) is 3.93. The lowest BCUT2D eigenvalue weighted by atomic mass is 9.43. The molecule has 0 amide bonds. The number of aliphatic hydroxyl groups is 3. The zero-order valence-corrected chi connectivity index (χ0v) is 19.9. The van der Waals surface area contributed by atoms with E-state index >= 15 is 0 Å². The van der Waals surface area contributed by atoms with Crippen molar-refractivity contribution in [3.05, 3.63) is 0 Å². The third kappa shape index (κ3) is 3.77. The molecule has 3 N–H and O–H groups in total. The Morgan fingerprint density at radius 1 is 0.968 bits per heavy atom. The maximum atomic E-state index is 11.9. The van der Waals surface area contributed by atoms with Gasteiger partial charge in [0, 0.05) is 6.42 Å². The molecule has 0 aromatic heterocycles. The zero-order valence-electron chi connectivity index (χ0n) is 19.9. The molecule has 4 saturated carbocycles. The Balaban J connectivity index is 1.53. The van der Waals surface area contributed by atoms with Gasteiger partial charge in [-0.25, -0.2) is 0 Å². The van der Waals surface area contributed by atoms with E-state index in [1.807, 2.05) is 6.92 Å². The summed E-state index contributed by atoms with van der Waals surface area (Å²) in [6.45, 7) is 9.33. The first-order chi connectivity index (χ1) is 14.6. The molecule has 5 unspecified atom stereocenters. The van der Waals surface area contributed by atoms with Gasteiger partial charge in [-0.3, -0.25) is 4.79 Å². The highest BCUT2D eigenvalue weighted by Gasteiger charge is 2.65. The largest absolute Gasteiger partial charge is 0.466 e. The van der Waals surface area contributed by atoms with Crippen molar-refractivity contribution in [3.63, 3.8) is 0 Å². The second kappa shape index (κ2) is 8.61. The number of fused-ring (bicyclic) bond motifs is 5. The van der Waals surface area contributed by atoms with Gasteiger partial charge < -0.3 is 20.1 Å².